The fourth-order valence-electron chi connectivity index (χ4n) is 12.2. The first kappa shape index (κ1) is 32.3. The van der Waals surface area contributed by atoms with Crippen LogP contribution in [0.4, 0.5) is 0 Å². The zero-order chi connectivity index (χ0) is 33.5. The van der Waals surface area contributed by atoms with Crippen LogP contribution >= 0.6 is 0 Å². The van der Waals surface area contributed by atoms with Gasteiger partial charge >= 0.3 is 0 Å². The van der Waals surface area contributed by atoms with E-state index >= 15 is 0 Å². The van der Waals surface area contributed by atoms with Crippen LogP contribution in [0.5, 0.6) is 11.5 Å². The van der Waals surface area contributed by atoms with Crippen LogP contribution in [-0.2, 0) is 22.4 Å². The molecule has 6 heteroatoms. The topological polar surface area (TPSA) is 88.5 Å². The Bertz CT molecular complexity index is 1540. The molecule has 2 aliphatic heterocycles. The van der Waals surface area contributed by atoms with E-state index in [4.69, 9.17) is 14.2 Å². The van der Waals surface area contributed by atoms with Crippen LogP contribution in [0.25, 0.3) is 0 Å². The van der Waals surface area contributed by atoms with E-state index in [1.165, 1.54) is 5.56 Å². The second kappa shape index (κ2) is 10.1. The third-order valence-electron chi connectivity index (χ3n) is 14.7. The molecule has 6 nitrogen and oxygen atoms in total. The summed E-state index contributed by atoms with van der Waals surface area (Å²) in [5.41, 5.74) is 1.39. The number of Topliss-reactive ketones (excluding diaryl/α,β-unsaturated/α-hetero) is 1. The largest absolute Gasteiger partial charge is 0.477 e. The lowest BCUT2D eigenvalue weighted by molar-refractivity contribution is -0.159. The number of rotatable bonds is 2. The van der Waals surface area contributed by atoms with Crippen molar-refractivity contribution in [3.05, 3.63) is 33.9 Å². The Labute approximate surface area is 282 Å². The summed E-state index contributed by atoms with van der Waals surface area (Å²) in [5, 5.41) is 24.7. The Kier molecular flexibility index (Phi) is 6.94. The summed E-state index contributed by atoms with van der Waals surface area (Å²) >= 11 is 0. The number of hydrogen-bond acceptors (Lipinski definition) is 6. The van der Waals surface area contributed by atoms with Gasteiger partial charge in [-0.2, -0.15) is 0 Å². The lowest BCUT2D eigenvalue weighted by Crippen LogP contribution is -2.71. The molecule has 2 N–H and O–H groups in total. The van der Waals surface area contributed by atoms with E-state index < -0.39 is 28.5 Å². The van der Waals surface area contributed by atoms with Crippen LogP contribution in [0.2, 0.25) is 0 Å². The van der Waals surface area contributed by atoms with Gasteiger partial charge in [0.05, 0.1) is 17.8 Å². The van der Waals surface area contributed by atoms with Crippen LogP contribution in [0, 0.1) is 28.6 Å². The number of epoxide rings is 1. The van der Waals surface area contributed by atoms with Gasteiger partial charge in [-0.15, -0.1) is 0 Å². The molecule has 2 saturated carbocycles. The summed E-state index contributed by atoms with van der Waals surface area (Å²) in [7, 11) is 0. The average molecular weight is 647 g/mol. The maximum atomic E-state index is 14.9. The summed E-state index contributed by atoms with van der Waals surface area (Å²) in [6.07, 6.45) is 9.54. The monoisotopic (exact) mass is 646 g/mol. The van der Waals surface area contributed by atoms with Gasteiger partial charge in [0.25, 0.3) is 0 Å². The number of ketones is 1. The van der Waals surface area contributed by atoms with Crippen molar-refractivity contribution >= 4 is 5.78 Å². The van der Waals surface area contributed by atoms with E-state index in [1.807, 2.05) is 0 Å². The van der Waals surface area contributed by atoms with Crippen LogP contribution < -0.4 is 9.47 Å². The first-order valence-electron chi connectivity index (χ1n) is 18.9. The van der Waals surface area contributed by atoms with Gasteiger partial charge in [0.15, 0.2) is 34.6 Å². The second-order valence-electron chi connectivity index (χ2n) is 18.8. The van der Waals surface area contributed by atoms with E-state index in [2.05, 4.69) is 61.5 Å². The summed E-state index contributed by atoms with van der Waals surface area (Å²) in [6, 6.07) is 2.35. The zero-order valence-corrected chi connectivity index (χ0v) is 30.2. The predicted molar refractivity (Wildman–Crippen MR) is 182 cm³/mol. The molecule has 0 amide bonds. The Hall–Kier alpha value is -1.89. The number of aliphatic hydroxyl groups is 2. The molecule has 0 radical (unpaired) electrons. The zero-order valence-electron chi connectivity index (χ0n) is 30.2. The molecular weight excluding hydrogens is 588 g/mol. The molecule has 8 rings (SSSR count). The maximum absolute atomic E-state index is 14.9. The molecule has 7 atom stereocenters. The fraction of sp³-hybridized carbons (Fsp3) is 0.780. The third kappa shape index (κ3) is 4.28. The Morgan fingerprint density at radius 2 is 1.43 bits per heavy atom. The van der Waals surface area contributed by atoms with Crippen molar-refractivity contribution in [2.75, 3.05) is 6.61 Å². The Balaban J connectivity index is 1.31. The number of fused-ring (bicyclic) bond motifs is 8. The van der Waals surface area contributed by atoms with Crippen molar-refractivity contribution in [2.24, 2.45) is 28.6 Å². The molecule has 1 saturated heterocycles. The van der Waals surface area contributed by atoms with Crippen LogP contribution in [0.15, 0.2) is 17.2 Å². The minimum absolute atomic E-state index is 0.000723. The van der Waals surface area contributed by atoms with Gasteiger partial charge < -0.3 is 24.4 Å². The number of ether oxygens (including phenoxy) is 3. The number of aryl methyl sites for hydroxylation is 1. The molecule has 7 aliphatic rings. The first-order chi connectivity index (χ1) is 22.0. The van der Waals surface area contributed by atoms with Crippen molar-refractivity contribution in [1.82, 2.24) is 0 Å². The number of carbonyl (C=O) groups excluding carboxylic acids is 1. The molecule has 3 fully saturated rings. The van der Waals surface area contributed by atoms with Gasteiger partial charge in [0, 0.05) is 35.5 Å². The summed E-state index contributed by atoms with van der Waals surface area (Å²) in [6.45, 7) is 18.3. The quantitative estimate of drug-likeness (QED) is 0.319. The molecule has 0 aromatic heterocycles. The molecule has 1 aromatic rings. The van der Waals surface area contributed by atoms with Crippen molar-refractivity contribution in [3.8, 4) is 11.5 Å². The molecule has 1 unspecified atom stereocenters. The van der Waals surface area contributed by atoms with Crippen LogP contribution in [0.3, 0.4) is 0 Å². The van der Waals surface area contributed by atoms with Gasteiger partial charge in [0.1, 0.15) is 0 Å². The first-order valence-corrected chi connectivity index (χ1v) is 18.9. The molecule has 2 heterocycles. The lowest BCUT2D eigenvalue weighted by Gasteiger charge is -2.54. The number of carbonyl (C=O) groups is 1. The Morgan fingerprint density at radius 3 is 2.00 bits per heavy atom. The van der Waals surface area contributed by atoms with Crippen LogP contribution in [-0.4, -0.2) is 51.1 Å². The van der Waals surface area contributed by atoms with Gasteiger partial charge in [-0.25, -0.2) is 0 Å². The summed E-state index contributed by atoms with van der Waals surface area (Å²) < 4.78 is 21.3. The van der Waals surface area contributed by atoms with Crippen LogP contribution in [0.1, 0.15) is 142 Å². The molecule has 1 spiro atoms. The number of benzene rings is 1. The van der Waals surface area contributed by atoms with Crippen molar-refractivity contribution in [3.63, 3.8) is 0 Å². The fourth-order valence-corrected chi connectivity index (χ4v) is 12.2. The minimum atomic E-state index is -1.14. The standard InChI is InChI=1S/C41H58O6/c1-23(2)27-19-25-11-13-30-36(5,6)15-9-17-38(30,43)20-28(25)33-32(27)46-35-26-12-14-31-37(7,8)16-10-18-39(31,44)21-29(26)34(42)40(22-45-40)41(35,47-33)24(3)4/h19,23-24,30-31,35,43-44H,9-18,20-22H2,1-8H3/t30-,31-,35-,38-,39-,40?,41-/m0/s1. The third-order valence-corrected chi connectivity index (χ3v) is 14.7. The van der Waals surface area contributed by atoms with E-state index in [1.54, 1.807) is 0 Å². The summed E-state index contributed by atoms with van der Waals surface area (Å²) in [4.78, 5) is 14.9. The van der Waals surface area contributed by atoms with E-state index in [9.17, 15) is 15.0 Å². The van der Waals surface area contributed by atoms with Crippen molar-refractivity contribution in [1.29, 1.82) is 0 Å². The van der Waals surface area contributed by atoms with E-state index in [-0.39, 0.29) is 40.3 Å². The lowest BCUT2D eigenvalue weighted by atomic mass is 9.58. The van der Waals surface area contributed by atoms with Gasteiger partial charge in [0.2, 0.25) is 0 Å². The van der Waals surface area contributed by atoms with Crippen molar-refractivity contribution < 1.29 is 29.2 Å². The average Bonchev–Trinajstić information content (AvgIpc) is 3.80. The Morgan fingerprint density at radius 1 is 0.830 bits per heavy atom. The molecule has 5 aliphatic carbocycles. The van der Waals surface area contributed by atoms with Gasteiger partial charge in [-0.3, -0.25) is 4.79 Å². The highest BCUT2D eigenvalue weighted by Crippen LogP contribution is 2.64. The highest BCUT2D eigenvalue weighted by atomic mass is 16.7. The van der Waals surface area contributed by atoms with E-state index in [0.717, 1.165) is 91.6 Å². The number of hydrogen-bond donors (Lipinski definition) is 2. The highest BCUT2D eigenvalue weighted by Gasteiger charge is 2.78. The molecular formula is C41H58O6. The van der Waals surface area contributed by atoms with E-state index in [0.29, 0.717) is 25.9 Å². The second-order valence-corrected chi connectivity index (χ2v) is 18.8. The molecule has 0 bridgehead atoms. The summed E-state index contributed by atoms with van der Waals surface area (Å²) in [5.74, 6) is 1.96. The van der Waals surface area contributed by atoms with Gasteiger partial charge in [-0.1, -0.05) is 74.3 Å². The maximum Gasteiger partial charge on any atom is 0.197 e. The smallest absolute Gasteiger partial charge is 0.197 e. The highest BCUT2D eigenvalue weighted by molar-refractivity contribution is 6.07. The predicted octanol–water partition coefficient (Wildman–Crippen LogP) is 7.78. The minimum Gasteiger partial charge on any atom is -0.477 e. The van der Waals surface area contributed by atoms with Crippen molar-refractivity contribution in [2.45, 2.75) is 167 Å². The molecule has 1 aromatic carbocycles. The molecule has 258 valence electrons. The normalized spacial score (nSPS) is 41.4. The SMILES string of the molecule is CC(C)c1cc2c(c3c1O[C@H]1C4=C(C[C@@]5(O)CCCC(C)(C)[C@@H]5CC4)C(=O)C4(CO4)[C@@]1(C(C)C)O3)C[C@@]1(O)CCCC(C)(C)[C@@H]1CC2. The van der Waals surface area contributed by atoms with Gasteiger partial charge in [-0.05, 0) is 91.1 Å². The molecule has 47 heavy (non-hydrogen) atoms.